The molecule has 0 atom stereocenters. The highest BCUT2D eigenvalue weighted by atomic mass is 19.4. The summed E-state index contributed by atoms with van der Waals surface area (Å²) in [5, 5.41) is 5.59. The summed E-state index contributed by atoms with van der Waals surface area (Å²) in [5.41, 5.74) is 3.60. The molecule has 1 aliphatic carbocycles. The maximum absolute atomic E-state index is 12.6. The molecular weight excluding hydrogens is 365 g/mol. The molecule has 1 aromatic carbocycles. The molecule has 1 fully saturated rings. The highest BCUT2D eigenvalue weighted by molar-refractivity contribution is 5.67. The van der Waals surface area contributed by atoms with E-state index in [1.807, 2.05) is 23.4 Å². The van der Waals surface area contributed by atoms with Gasteiger partial charge >= 0.3 is 6.18 Å². The highest BCUT2D eigenvalue weighted by Crippen LogP contribution is 2.35. The third kappa shape index (κ3) is 3.93. The van der Waals surface area contributed by atoms with Crippen LogP contribution in [0.5, 0.6) is 0 Å². The first kappa shape index (κ1) is 18.7. The van der Waals surface area contributed by atoms with E-state index >= 15 is 0 Å². The van der Waals surface area contributed by atoms with Crippen LogP contribution in [0, 0.1) is 5.92 Å². The zero-order valence-corrected chi connectivity index (χ0v) is 15.5. The number of hydrogen-bond acceptors (Lipinski definition) is 3. The zero-order chi connectivity index (χ0) is 19.7. The van der Waals surface area contributed by atoms with Gasteiger partial charge < -0.3 is 0 Å². The van der Waals surface area contributed by atoms with Crippen LogP contribution in [0.25, 0.3) is 22.5 Å². The van der Waals surface area contributed by atoms with Crippen molar-refractivity contribution in [3.8, 4) is 22.5 Å². The molecule has 1 saturated carbocycles. The van der Waals surface area contributed by atoms with Crippen LogP contribution in [0.15, 0.2) is 42.6 Å². The van der Waals surface area contributed by atoms with E-state index < -0.39 is 12.0 Å². The molecule has 3 aromatic rings. The third-order valence-electron chi connectivity index (χ3n) is 5.45. The van der Waals surface area contributed by atoms with E-state index in [0.29, 0.717) is 11.5 Å². The molecule has 0 bridgehead atoms. The quantitative estimate of drug-likeness (QED) is 0.615. The molecule has 1 aliphatic rings. The summed E-state index contributed by atoms with van der Waals surface area (Å²) in [6, 6.07) is 11.3. The maximum Gasteiger partial charge on any atom is 0.451 e. The Balaban J connectivity index is 1.49. The Morgan fingerprint density at radius 1 is 0.893 bits per heavy atom. The first-order valence-corrected chi connectivity index (χ1v) is 9.46. The third-order valence-corrected chi connectivity index (χ3v) is 5.45. The van der Waals surface area contributed by atoms with Gasteiger partial charge in [-0.1, -0.05) is 50.1 Å². The lowest BCUT2D eigenvalue weighted by molar-refractivity contribution is -0.144. The minimum absolute atomic E-state index is 0.0267. The minimum Gasteiger partial charge on any atom is -0.260 e. The van der Waals surface area contributed by atoms with Gasteiger partial charge in [0.05, 0.1) is 0 Å². The Kier molecular flexibility index (Phi) is 4.91. The van der Waals surface area contributed by atoms with Gasteiger partial charge in [0.1, 0.15) is 0 Å². The van der Waals surface area contributed by atoms with E-state index in [4.69, 9.17) is 0 Å². The molecule has 28 heavy (non-hydrogen) atoms. The van der Waals surface area contributed by atoms with Crippen molar-refractivity contribution in [2.24, 2.45) is 5.92 Å². The fourth-order valence-corrected chi connectivity index (χ4v) is 3.70. The summed E-state index contributed by atoms with van der Waals surface area (Å²) < 4.78 is 37.9. The maximum atomic E-state index is 12.6. The highest BCUT2D eigenvalue weighted by Gasteiger charge is 2.35. The summed E-state index contributed by atoms with van der Waals surface area (Å²) in [6.45, 7) is 2.30. The first-order valence-electron chi connectivity index (χ1n) is 9.46. The molecule has 0 unspecified atom stereocenters. The number of pyridine rings is 1. The molecule has 0 radical (unpaired) electrons. The number of nitrogens with zero attached hydrogens (tertiary/aromatic N) is 3. The van der Waals surface area contributed by atoms with Crippen molar-refractivity contribution in [3.63, 3.8) is 0 Å². The van der Waals surface area contributed by atoms with Gasteiger partial charge in [0.2, 0.25) is 5.82 Å². The second kappa shape index (κ2) is 7.37. The molecule has 4 rings (SSSR count). The van der Waals surface area contributed by atoms with E-state index in [9.17, 15) is 13.2 Å². The van der Waals surface area contributed by atoms with Crippen molar-refractivity contribution in [1.29, 1.82) is 0 Å². The van der Waals surface area contributed by atoms with Crippen LogP contribution in [0.3, 0.4) is 0 Å². The van der Waals surface area contributed by atoms with Crippen LogP contribution in [0.1, 0.15) is 50.0 Å². The second-order valence-electron chi connectivity index (χ2n) is 7.51. The van der Waals surface area contributed by atoms with Crippen molar-refractivity contribution in [3.05, 3.63) is 54.1 Å². The smallest absolute Gasteiger partial charge is 0.260 e. The van der Waals surface area contributed by atoms with Crippen molar-refractivity contribution >= 4 is 0 Å². The van der Waals surface area contributed by atoms with E-state index in [1.54, 1.807) is 12.1 Å². The zero-order valence-electron chi connectivity index (χ0n) is 15.5. The topological polar surface area (TPSA) is 54.5 Å². The van der Waals surface area contributed by atoms with Crippen LogP contribution in [0.4, 0.5) is 13.2 Å². The second-order valence-corrected chi connectivity index (χ2v) is 7.51. The molecule has 4 nitrogen and oxygen atoms in total. The molecule has 2 heterocycles. The molecule has 2 aromatic heterocycles. The Morgan fingerprint density at radius 3 is 2.11 bits per heavy atom. The number of H-pyrrole nitrogens is 1. The van der Waals surface area contributed by atoms with Gasteiger partial charge in [0.25, 0.3) is 0 Å². The molecule has 0 saturated heterocycles. The van der Waals surface area contributed by atoms with Crippen LogP contribution in [0.2, 0.25) is 0 Å². The van der Waals surface area contributed by atoms with Crippen molar-refractivity contribution < 1.29 is 13.2 Å². The number of aromatic nitrogens is 4. The summed E-state index contributed by atoms with van der Waals surface area (Å²) in [7, 11) is 0. The van der Waals surface area contributed by atoms with Gasteiger partial charge in [-0.2, -0.15) is 18.3 Å². The fourth-order valence-electron chi connectivity index (χ4n) is 3.70. The summed E-state index contributed by atoms with van der Waals surface area (Å²) >= 11 is 0. The average molecular weight is 386 g/mol. The average Bonchev–Trinajstić information content (AvgIpc) is 3.20. The normalized spacial score (nSPS) is 20.3. The Morgan fingerprint density at radius 2 is 1.54 bits per heavy atom. The van der Waals surface area contributed by atoms with Gasteiger partial charge in [-0.3, -0.25) is 10.1 Å². The van der Waals surface area contributed by atoms with Crippen molar-refractivity contribution in [2.45, 2.75) is 44.7 Å². The van der Waals surface area contributed by atoms with E-state index in [-0.39, 0.29) is 5.82 Å². The number of benzene rings is 1. The van der Waals surface area contributed by atoms with Crippen molar-refractivity contribution in [1.82, 2.24) is 20.2 Å². The lowest BCUT2D eigenvalue weighted by atomic mass is 9.81. The predicted molar refractivity (Wildman–Crippen MR) is 100 cm³/mol. The lowest BCUT2D eigenvalue weighted by Crippen LogP contribution is -2.11. The molecule has 7 heteroatoms. The monoisotopic (exact) mass is 386 g/mol. The number of halogens is 3. The number of nitrogens with one attached hydrogen (secondary N) is 1. The summed E-state index contributed by atoms with van der Waals surface area (Å²) in [5.74, 6) is 0.286. The van der Waals surface area contributed by atoms with E-state index in [2.05, 4.69) is 34.1 Å². The fraction of sp³-hybridized carbons (Fsp3) is 0.381. The van der Waals surface area contributed by atoms with Gasteiger partial charge in [-0.15, -0.1) is 0 Å². The first-order chi connectivity index (χ1) is 13.4. The minimum atomic E-state index is -4.53. The van der Waals surface area contributed by atoms with Crippen LogP contribution in [-0.4, -0.2) is 20.2 Å². The molecule has 0 amide bonds. The number of alkyl halides is 3. The van der Waals surface area contributed by atoms with Crippen LogP contribution in [-0.2, 0) is 6.18 Å². The number of rotatable bonds is 3. The SMILES string of the molecule is CC1CCC(c2ccc(-c3ccc(-c4n[nH]c(C(F)(F)F)n4)cc3)cn2)CC1. The summed E-state index contributed by atoms with van der Waals surface area (Å²) in [4.78, 5) is 8.18. The molecule has 146 valence electrons. The molecule has 0 spiro atoms. The number of aromatic amines is 1. The molecule has 1 N–H and O–H groups in total. The molecule has 0 aliphatic heterocycles. The van der Waals surface area contributed by atoms with Gasteiger partial charge in [0, 0.05) is 28.9 Å². The van der Waals surface area contributed by atoms with Crippen LogP contribution < -0.4 is 0 Å². The van der Waals surface area contributed by atoms with Crippen LogP contribution >= 0.6 is 0 Å². The van der Waals surface area contributed by atoms with Crippen molar-refractivity contribution in [2.75, 3.05) is 0 Å². The molecular formula is C21H21F3N4. The Bertz CT molecular complexity index is 922. The Labute approximate surface area is 161 Å². The van der Waals surface area contributed by atoms with E-state index in [1.165, 1.54) is 25.7 Å². The standard InChI is InChI=1S/C21H21F3N4/c1-13-2-4-15(5-3-13)18-11-10-17(12-25-18)14-6-8-16(9-7-14)19-26-20(28-27-19)21(22,23)24/h6-13,15H,2-5H2,1H3,(H,26,27,28). The number of hydrogen-bond donors (Lipinski definition) is 1. The Hall–Kier alpha value is -2.70. The van der Waals surface area contributed by atoms with Gasteiger partial charge in [-0.05, 0) is 30.4 Å². The van der Waals surface area contributed by atoms with Gasteiger partial charge in [-0.25, -0.2) is 4.98 Å². The van der Waals surface area contributed by atoms with E-state index in [0.717, 1.165) is 22.7 Å². The predicted octanol–water partition coefficient (Wildman–Crippen LogP) is 5.85. The largest absolute Gasteiger partial charge is 0.451 e. The summed E-state index contributed by atoms with van der Waals surface area (Å²) in [6.07, 6.45) is 2.24. The van der Waals surface area contributed by atoms with Gasteiger partial charge in [0.15, 0.2) is 5.82 Å². The lowest BCUT2D eigenvalue weighted by Gasteiger charge is -2.25.